The van der Waals surface area contributed by atoms with Gasteiger partial charge in [0.1, 0.15) is 11.5 Å². The summed E-state index contributed by atoms with van der Waals surface area (Å²) < 4.78 is 28.2. The number of aromatic carboxylic acids is 1. The summed E-state index contributed by atoms with van der Waals surface area (Å²) in [6.07, 6.45) is 0.466. The van der Waals surface area contributed by atoms with Gasteiger partial charge in [-0.2, -0.15) is 0 Å². The van der Waals surface area contributed by atoms with Crippen LogP contribution in [0.1, 0.15) is 35.6 Å². The Kier molecular flexibility index (Phi) is 5.11. The minimum absolute atomic E-state index is 0.0654. The minimum atomic E-state index is -3.42. The van der Waals surface area contributed by atoms with Crippen molar-refractivity contribution in [2.45, 2.75) is 25.0 Å². The molecule has 1 aromatic heterocycles. The molecule has 0 atom stereocenters. The van der Waals surface area contributed by atoms with Crippen molar-refractivity contribution >= 4 is 21.8 Å². The van der Waals surface area contributed by atoms with Gasteiger partial charge in [-0.05, 0) is 25.0 Å². The summed E-state index contributed by atoms with van der Waals surface area (Å²) in [7, 11) is -3.42. The summed E-state index contributed by atoms with van der Waals surface area (Å²) in [6, 6.07) is 2.50. The molecule has 2 N–H and O–H groups in total. The lowest BCUT2D eigenvalue weighted by Crippen LogP contribution is -2.09. The largest absolute Gasteiger partial charge is 0.481 e. The molecule has 0 bridgehead atoms. The molecule has 1 aromatic rings. The SMILES string of the molecule is O=C(O)CCCCS(=O)(=O)Cc1ccc(C(=O)O)o1. The average Bonchev–Trinajstić information content (AvgIpc) is 2.72. The van der Waals surface area contributed by atoms with Crippen LogP contribution < -0.4 is 0 Å². The van der Waals surface area contributed by atoms with Crippen LogP contribution in [0.3, 0.4) is 0 Å². The van der Waals surface area contributed by atoms with Crippen molar-refractivity contribution in [2.24, 2.45) is 0 Å². The zero-order chi connectivity index (χ0) is 14.5. The number of unbranched alkanes of at least 4 members (excludes halogenated alkanes) is 1. The maximum atomic E-state index is 11.7. The molecule has 0 aliphatic heterocycles. The molecule has 0 aliphatic rings. The molecular weight excluding hydrogens is 276 g/mol. The fourth-order valence-corrected chi connectivity index (χ4v) is 2.83. The first-order chi connectivity index (χ1) is 8.80. The van der Waals surface area contributed by atoms with E-state index in [-0.39, 0.29) is 42.3 Å². The molecule has 106 valence electrons. The summed E-state index contributed by atoms with van der Waals surface area (Å²) in [6.45, 7) is 0. The fourth-order valence-electron chi connectivity index (χ4n) is 1.46. The van der Waals surface area contributed by atoms with Crippen molar-refractivity contribution in [3.8, 4) is 0 Å². The standard InChI is InChI=1S/C11H14O7S/c12-10(13)3-1-2-6-19(16,17)7-8-4-5-9(18-8)11(14)15/h4-5H,1-3,6-7H2,(H,12,13)(H,14,15). The number of aliphatic carboxylic acids is 1. The van der Waals surface area contributed by atoms with Gasteiger partial charge in [-0.15, -0.1) is 0 Å². The first-order valence-electron chi connectivity index (χ1n) is 5.54. The molecule has 0 aliphatic carbocycles. The van der Waals surface area contributed by atoms with E-state index < -0.39 is 21.8 Å². The van der Waals surface area contributed by atoms with Crippen molar-refractivity contribution < 1.29 is 32.6 Å². The van der Waals surface area contributed by atoms with Crippen LogP contribution in [-0.4, -0.2) is 36.3 Å². The third-order valence-electron chi connectivity index (χ3n) is 2.33. The van der Waals surface area contributed by atoms with Gasteiger partial charge in [0.05, 0.1) is 5.75 Å². The lowest BCUT2D eigenvalue weighted by atomic mass is 10.3. The molecule has 19 heavy (non-hydrogen) atoms. The highest BCUT2D eigenvalue weighted by atomic mass is 32.2. The number of carboxylic acids is 2. The number of hydrogen-bond donors (Lipinski definition) is 2. The number of furan rings is 1. The van der Waals surface area contributed by atoms with E-state index in [9.17, 15) is 18.0 Å². The van der Waals surface area contributed by atoms with Crippen molar-refractivity contribution in [3.63, 3.8) is 0 Å². The van der Waals surface area contributed by atoms with E-state index in [1.54, 1.807) is 0 Å². The van der Waals surface area contributed by atoms with E-state index in [1.807, 2.05) is 0 Å². The Hall–Kier alpha value is -1.83. The highest BCUT2D eigenvalue weighted by molar-refractivity contribution is 7.90. The molecule has 0 saturated carbocycles. The van der Waals surface area contributed by atoms with Gasteiger partial charge in [0.2, 0.25) is 5.76 Å². The summed E-state index contributed by atoms with van der Waals surface area (Å²) in [4.78, 5) is 20.8. The van der Waals surface area contributed by atoms with Crippen molar-refractivity contribution in [2.75, 3.05) is 5.75 Å². The van der Waals surface area contributed by atoms with Crippen molar-refractivity contribution in [3.05, 3.63) is 23.7 Å². The minimum Gasteiger partial charge on any atom is -0.481 e. The Morgan fingerprint density at radius 2 is 1.84 bits per heavy atom. The van der Waals surface area contributed by atoms with Crippen LogP contribution >= 0.6 is 0 Å². The van der Waals surface area contributed by atoms with Crippen molar-refractivity contribution in [1.29, 1.82) is 0 Å². The Labute approximate surface area is 109 Å². The molecule has 0 amide bonds. The summed E-state index contributed by atoms with van der Waals surface area (Å²) in [5.74, 6) is -3.00. The number of rotatable bonds is 8. The third kappa shape index (κ3) is 5.56. The maximum absolute atomic E-state index is 11.7. The molecule has 0 aromatic carbocycles. The second-order valence-corrected chi connectivity index (χ2v) is 6.20. The van der Waals surface area contributed by atoms with Crippen LogP contribution in [0.4, 0.5) is 0 Å². The Morgan fingerprint density at radius 3 is 2.37 bits per heavy atom. The van der Waals surface area contributed by atoms with E-state index in [0.717, 1.165) is 0 Å². The zero-order valence-corrected chi connectivity index (χ0v) is 10.9. The van der Waals surface area contributed by atoms with Gasteiger partial charge in [0.15, 0.2) is 9.84 Å². The van der Waals surface area contributed by atoms with Gasteiger partial charge in [0.25, 0.3) is 0 Å². The quantitative estimate of drug-likeness (QED) is 0.688. The number of carbonyl (C=O) groups is 2. The van der Waals surface area contributed by atoms with E-state index in [2.05, 4.69) is 0 Å². The van der Waals surface area contributed by atoms with Gasteiger partial charge in [-0.1, -0.05) is 0 Å². The molecule has 8 heteroatoms. The molecule has 1 rings (SSSR count). The van der Waals surface area contributed by atoms with Gasteiger partial charge < -0.3 is 14.6 Å². The third-order valence-corrected chi connectivity index (χ3v) is 3.97. The summed E-state index contributed by atoms with van der Waals surface area (Å²) >= 11 is 0. The predicted molar refractivity (Wildman–Crippen MR) is 64.6 cm³/mol. The van der Waals surface area contributed by atoms with E-state index in [0.29, 0.717) is 0 Å². The average molecular weight is 290 g/mol. The predicted octanol–water partition coefficient (Wildman–Crippen LogP) is 1.15. The van der Waals surface area contributed by atoms with Crippen LogP contribution in [0.25, 0.3) is 0 Å². The first kappa shape index (κ1) is 15.2. The highest BCUT2D eigenvalue weighted by Gasteiger charge is 2.16. The van der Waals surface area contributed by atoms with Gasteiger partial charge in [-0.25, -0.2) is 13.2 Å². The topological polar surface area (TPSA) is 122 Å². The Bertz CT molecular complexity index is 555. The molecule has 0 unspecified atom stereocenters. The van der Waals surface area contributed by atoms with E-state index >= 15 is 0 Å². The monoisotopic (exact) mass is 290 g/mol. The van der Waals surface area contributed by atoms with Crippen LogP contribution in [0, 0.1) is 0 Å². The summed E-state index contributed by atoms with van der Waals surface area (Å²) in [5, 5.41) is 17.0. The van der Waals surface area contributed by atoms with Crippen LogP contribution in [-0.2, 0) is 20.4 Å². The van der Waals surface area contributed by atoms with Crippen LogP contribution in [0.5, 0.6) is 0 Å². The summed E-state index contributed by atoms with van der Waals surface area (Å²) in [5.41, 5.74) is 0. The first-order valence-corrected chi connectivity index (χ1v) is 7.36. The molecule has 0 radical (unpaired) electrons. The molecule has 1 heterocycles. The van der Waals surface area contributed by atoms with E-state index in [1.165, 1.54) is 12.1 Å². The van der Waals surface area contributed by atoms with Gasteiger partial charge in [-0.3, -0.25) is 4.79 Å². The van der Waals surface area contributed by atoms with Crippen LogP contribution in [0.2, 0.25) is 0 Å². The lowest BCUT2D eigenvalue weighted by Gasteiger charge is -2.01. The van der Waals surface area contributed by atoms with Crippen LogP contribution in [0.15, 0.2) is 16.5 Å². The second-order valence-electron chi connectivity index (χ2n) is 4.01. The molecule has 7 nitrogen and oxygen atoms in total. The Balaban J connectivity index is 2.49. The number of hydrogen-bond acceptors (Lipinski definition) is 5. The lowest BCUT2D eigenvalue weighted by molar-refractivity contribution is -0.137. The highest BCUT2D eigenvalue weighted by Crippen LogP contribution is 2.13. The number of sulfone groups is 1. The molecular formula is C11H14O7S. The van der Waals surface area contributed by atoms with Gasteiger partial charge in [0, 0.05) is 6.42 Å². The normalized spacial score (nSPS) is 11.4. The smallest absolute Gasteiger partial charge is 0.371 e. The maximum Gasteiger partial charge on any atom is 0.371 e. The molecule has 0 fully saturated rings. The zero-order valence-electron chi connectivity index (χ0n) is 10.0. The Morgan fingerprint density at radius 1 is 1.16 bits per heavy atom. The molecule has 0 spiro atoms. The number of carboxylic acid groups (broad SMARTS) is 2. The van der Waals surface area contributed by atoms with E-state index in [4.69, 9.17) is 14.6 Å². The van der Waals surface area contributed by atoms with Gasteiger partial charge >= 0.3 is 11.9 Å². The molecule has 0 saturated heterocycles. The second kappa shape index (κ2) is 6.37. The van der Waals surface area contributed by atoms with Crippen molar-refractivity contribution in [1.82, 2.24) is 0 Å². The fraction of sp³-hybridized carbons (Fsp3) is 0.455.